The average molecular weight is 365 g/mol. The molecule has 0 bridgehead atoms. The van der Waals surface area contributed by atoms with Crippen molar-refractivity contribution in [1.82, 2.24) is 0 Å². The Kier molecular flexibility index (Phi) is 4.96. The van der Waals surface area contributed by atoms with Crippen molar-refractivity contribution in [1.29, 1.82) is 0 Å². The largest absolute Gasteiger partial charge is 0.481 e. The zero-order chi connectivity index (χ0) is 20.0. The Labute approximate surface area is 163 Å². The van der Waals surface area contributed by atoms with Gasteiger partial charge in [0.15, 0.2) is 0 Å². The molecule has 1 aromatic rings. The quantitative estimate of drug-likeness (QED) is 0.672. The minimum Gasteiger partial charge on any atom is -0.481 e. The molecule has 0 saturated heterocycles. The minimum atomic E-state index is -0.752. The lowest BCUT2D eigenvalue weighted by molar-refractivity contribution is -0.139. The van der Waals surface area contributed by atoms with Crippen LogP contribution in [-0.2, 0) is 15.6 Å². The van der Waals surface area contributed by atoms with Crippen LogP contribution in [0, 0.1) is 5.92 Å². The summed E-state index contributed by atoms with van der Waals surface area (Å²) < 4.78 is 0. The molecule has 2 aliphatic carbocycles. The van der Waals surface area contributed by atoms with E-state index in [1.54, 1.807) is 0 Å². The second kappa shape index (κ2) is 6.82. The van der Waals surface area contributed by atoms with Gasteiger partial charge in [-0.05, 0) is 71.8 Å². The van der Waals surface area contributed by atoms with E-state index >= 15 is 0 Å². The van der Waals surface area contributed by atoms with Gasteiger partial charge in [-0.2, -0.15) is 0 Å². The SMILES string of the molecule is CC(C)=C(C1=CCC(C(=O)O)C=C1)c1ccc2c(c1)C(C)(C)CCC2(C)C. The van der Waals surface area contributed by atoms with Crippen LogP contribution in [0.4, 0.5) is 0 Å². The van der Waals surface area contributed by atoms with Gasteiger partial charge < -0.3 is 5.11 Å². The van der Waals surface area contributed by atoms with Gasteiger partial charge in [0.1, 0.15) is 0 Å². The van der Waals surface area contributed by atoms with Crippen LogP contribution < -0.4 is 0 Å². The Morgan fingerprint density at radius 3 is 2.19 bits per heavy atom. The Morgan fingerprint density at radius 2 is 1.67 bits per heavy atom. The van der Waals surface area contributed by atoms with E-state index in [-0.39, 0.29) is 10.8 Å². The zero-order valence-electron chi connectivity index (χ0n) is 17.5. The Balaban J connectivity index is 2.06. The molecule has 0 aliphatic heterocycles. The summed E-state index contributed by atoms with van der Waals surface area (Å²) in [6.07, 6.45) is 8.86. The van der Waals surface area contributed by atoms with Gasteiger partial charge in [0.05, 0.1) is 5.92 Å². The van der Waals surface area contributed by atoms with Gasteiger partial charge in [0, 0.05) is 0 Å². The predicted octanol–water partition coefficient (Wildman–Crippen LogP) is 6.42. The van der Waals surface area contributed by atoms with E-state index in [1.807, 2.05) is 12.2 Å². The molecule has 0 saturated carbocycles. The number of hydrogen-bond donors (Lipinski definition) is 1. The van der Waals surface area contributed by atoms with Crippen molar-refractivity contribution in [2.45, 2.75) is 71.6 Å². The fourth-order valence-corrected chi connectivity index (χ4v) is 4.48. The summed E-state index contributed by atoms with van der Waals surface area (Å²) >= 11 is 0. The zero-order valence-corrected chi connectivity index (χ0v) is 17.5. The molecule has 0 fully saturated rings. The van der Waals surface area contributed by atoms with Crippen molar-refractivity contribution in [3.63, 3.8) is 0 Å². The molecule has 0 radical (unpaired) electrons. The molecular formula is C25H32O2. The van der Waals surface area contributed by atoms with Gasteiger partial charge in [-0.25, -0.2) is 0 Å². The van der Waals surface area contributed by atoms with E-state index < -0.39 is 11.9 Å². The molecular weight excluding hydrogens is 332 g/mol. The average Bonchev–Trinajstić information content (AvgIpc) is 2.59. The number of allylic oxidation sites excluding steroid dienone is 5. The molecule has 144 valence electrons. The second-order valence-electron chi connectivity index (χ2n) is 9.60. The lowest BCUT2D eigenvalue weighted by atomic mass is 9.62. The van der Waals surface area contributed by atoms with E-state index in [1.165, 1.54) is 40.7 Å². The van der Waals surface area contributed by atoms with Gasteiger partial charge in [0.2, 0.25) is 0 Å². The fourth-order valence-electron chi connectivity index (χ4n) is 4.48. The summed E-state index contributed by atoms with van der Waals surface area (Å²) in [5.74, 6) is -1.16. The highest BCUT2D eigenvalue weighted by Crippen LogP contribution is 2.47. The maximum absolute atomic E-state index is 11.2. The summed E-state index contributed by atoms with van der Waals surface area (Å²) in [5, 5.41) is 9.24. The van der Waals surface area contributed by atoms with Crippen LogP contribution in [0.25, 0.3) is 5.57 Å². The predicted molar refractivity (Wildman–Crippen MR) is 113 cm³/mol. The Bertz CT molecular complexity index is 858. The third kappa shape index (κ3) is 3.67. The standard InChI is InChI=1S/C25H32O2/c1-16(2)22(17-7-9-18(10-8-17)23(26)27)19-11-12-20-21(15-19)25(5,6)14-13-24(20,3)4/h7-9,11-12,15,18H,10,13-14H2,1-6H3,(H,26,27). The first-order chi connectivity index (χ1) is 12.5. The van der Waals surface area contributed by atoms with Gasteiger partial charge >= 0.3 is 5.97 Å². The maximum Gasteiger partial charge on any atom is 0.310 e. The second-order valence-corrected chi connectivity index (χ2v) is 9.60. The van der Waals surface area contributed by atoms with E-state index in [2.05, 4.69) is 65.8 Å². The van der Waals surface area contributed by atoms with Gasteiger partial charge in [0.25, 0.3) is 0 Å². The monoisotopic (exact) mass is 364 g/mol. The molecule has 3 rings (SSSR count). The molecule has 0 aromatic heterocycles. The van der Waals surface area contributed by atoms with Crippen molar-refractivity contribution in [3.8, 4) is 0 Å². The van der Waals surface area contributed by atoms with Crippen molar-refractivity contribution in [2.24, 2.45) is 5.92 Å². The van der Waals surface area contributed by atoms with Crippen LogP contribution in [0.5, 0.6) is 0 Å². The van der Waals surface area contributed by atoms with Crippen LogP contribution in [0.15, 0.2) is 47.6 Å². The van der Waals surface area contributed by atoms with E-state index in [9.17, 15) is 9.90 Å². The molecule has 1 atom stereocenters. The van der Waals surface area contributed by atoms with Crippen molar-refractivity contribution < 1.29 is 9.90 Å². The van der Waals surface area contributed by atoms with Crippen LogP contribution >= 0.6 is 0 Å². The summed E-state index contributed by atoms with van der Waals surface area (Å²) in [7, 11) is 0. The number of hydrogen-bond acceptors (Lipinski definition) is 1. The molecule has 2 nitrogen and oxygen atoms in total. The van der Waals surface area contributed by atoms with Crippen LogP contribution in [0.2, 0.25) is 0 Å². The fraction of sp³-hybridized carbons (Fsp3) is 0.480. The highest BCUT2D eigenvalue weighted by atomic mass is 16.4. The molecule has 1 N–H and O–H groups in total. The van der Waals surface area contributed by atoms with E-state index in [4.69, 9.17) is 0 Å². The number of aliphatic carboxylic acids is 1. The third-order valence-corrected chi connectivity index (χ3v) is 6.35. The first kappa shape index (κ1) is 19.7. The third-order valence-electron chi connectivity index (χ3n) is 6.35. The molecule has 0 heterocycles. The maximum atomic E-state index is 11.2. The number of carboxylic acids is 1. The van der Waals surface area contributed by atoms with Crippen LogP contribution in [0.1, 0.15) is 77.5 Å². The molecule has 2 aliphatic rings. The number of carbonyl (C=O) groups is 1. The topological polar surface area (TPSA) is 37.3 Å². The summed E-state index contributed by atoms with van der Waals surface area (Å²) in [6, 6.07) is 6.96. The summed E-state index contributed by atoms with van der Waals surface area (Å²) in [4.78, 5) is 11.2. The van der Waals surface area contributed by atoms with Crippen molar-refractivity contribution in [2.75, 3.05) is 0 Å². The highest BCUT2D eigenvalue weighted by Gasteiger charge is 2.37. The molecule has 1 aromatic carbocycles. The van der Waals surface area contributed by atoms with Gasteiger partial charge in [-0.15, -0.1) is 0 Å². The summed E-state index contributed by atoms with van der Waals surface area (Å²) in [6.45, 7) is 13.7. The smallest absolute Gasteiger partial charge is 0.310 e. The summed E-state index contributed by atoms with van der Waals surface area (Å²) in [5.41, 5.74) is 8.19. The van der Waals surface area contributed by atoms with Crippen LogP contribution in [-0.4, -0.2) is 11.1 Å². The van der Waals surface area contributed by atoms with Gasteiger partial charge in [-0.1, -0.05) is 69.7 Å². The molecule has 0 amide bonds. The normalized spacial score (nSPS) is 22.6. The van der Waals surface area contributed by atoms with Crippen molar-refractivity contribution in [3.05, 3.63) is 64.3 Å². The lowest BCUT2D eigenvalue weighted by Gasteiger charge is -2.42. The minimum absolute atomic E-state index is 0.179. The Morgan fingerprint density at radius 1 is 1.04 bits per heavy atom. The van der Waals surface area contributed by atoms with Gasteiger partial charge in [-0.3, -0.25) is 4.79 Å². The van der Waals surface area contributed by atoms with E-state index in [0.29, 0.717) is 6.42 Å². The number of rotatable bonds is 3. The molecule has 1 unspecified atom stereocenters. The Hall–Kier alpha value is -2.09. The highest BCUT2D eigenvalue weighted by molar-refractivity contribution is 5.85. The molecule has 27 heavy (non-hydrogen) atoms. The number of fused-ring (bicyclic) bond motifs is 1. The first-order valence-corrected chi connectivity index (χ1v) is 9.97. The van der Waals surface area contributed by atoms with Crippen molar-refractivity contribution >= 4 is 11.5 Å². The first-order valence-electron chi connectivity index (χ1n) is 9.97. The molecule has 2 heteroatoms. The number of carboxylic acid groups (broad SMARTS) is 1. The van der Waals surface area contributed by atoms with E-state index in [0.717, 1.165) is 5.57 Å². The number of benzene rings is 1. The lowest BCUT2D eigenvalue weighted by Crippen LogP contribution is -2.33. The molecule has 0 spiro atoms. The van der Waals surface area contributed by atoms with Crippen LogP contribution in [0.3, 0.4) is 0 Å².